The van der Waals surface area contributed by atoms with Crippen molar-refractivity contribution in [3.63, 3.8) is 0 Å². The minimum Gasteiger partial charge on any atom is -0.489 e. The molecule has 130 valence electrons. The van der Waals surface area contributed by atoms with Gasteiger partial charge in [-0.25, -0.2) is 0 Å². The maximum absolute atomic E-state index is 10.6. The topological polar surface area (TPSA) is 76.8 Å². The average molecular weight is 347 g/mol. The van der Waals surface area contributed by atoms with Gasteiger partial charge in [-0.2, -0.15) is 5.10 Å². The molecule has 0 aliphatic carbocycles. The summed E-state index contributed by atoms with van der Waals surface area (Å²) >= 11 is 0. The van der Waals surface area contributed by atoms with Crippen LogP contribution < -0.4 is 10.2 Å². The van der Waals surface area contributed by atoms with Gasteiger partial charge in [0, 0.05) is 12.1 Å². The van der Waals surface area contributed by atoms with Crippen molar-refractivity contribution in [3.8, 4) is 5.75 Å². The molecule has 0 saturated heterocycles. The summed E-state index contributed by atoms with van der Waals surface area (Å²) < 4.78 is 5.74. The lowest BCUT2D eigenvalue weighted by atomic mass is 10.2. The Hall–Kier alpha value is -3.67. The molecule has 3 rings (SSSR count). The second-order valence-corrected chi connectivity index (χ2v) is 5.52. The summed E-state index contributed by atoms with van der Waals surface area (Å²) in [6.07, 6.45) is 1.67. The SMILES string of the molecule is O=[N+]([O-])c1ccc(NN=Cc2ccc(OCc3ccccc3)cc2)cc1. The van der Waals surface area contributed by atoms with E-state index in [9.17, 15) is 10.1 Å². The van der Waals surface area contributed by atoms with E-state index in [1.807, 2.05) is 54.6 Å². The third-order valence-electron chi connectivity index (χ3n) is 3.61. The molecule has 0 amide bonds. The van der Waals surface area contributed by atoms with Crippen LogP contribution in [0.15, 0.2) is 84.0 Å². The first-order valence-corrected chi connectivity index (χ1v) is 8.01. The lowest BCUT2D eigenvalue weighted by Gasteiger charge is -2.06. The number of hydrazone groups is 1. The van der Waals surface area contributed by atoms with Crippen LogP contribution in [0.3, 0.4) is 0 Å². The van der Waals surface area contributed by atoms with Gasteiger partial charge in [0.25, 0.3) is 5.69 Å². The first-order valence-electron chi connectivity index (χ1n) is 8.01. The predicted octanol–water partition coefficient (Wildman–Crippen LogP) is 4.62. The van der Waals surface area contributed by atoms with Crippen molar-refractivity contribution in [1.29, 1.82) is 0 Å². The van der Waals surface area contributed by atoms with E-state index in [0.29, 0.717) is 12.3 Å². The van der Waals surface area contributed by atoms with Gasteiger partial charge in [-0.3, -0.25) is 15.5 Å². The molecule has 0 aromatic heterocycles. The molecule has 0 aliphatic heterocycles. The maximum atomic E-state index is 10.6. The van der Waals surface area contributed by atoms with Gasteiger partial charge in [-0.05, 0) is 47.5 Å². The fourth-order valence-electron chi connectivity index (χ4n) is 2.23. The number of nitrogens with zero attached hydrogens (tertiary/aromatic N) is 2. The Morgan fingerprint density at radius 3 is 2.31 bits per heavy atom. The van der Waals surface area contributed by atoms with E-state index in [-0.39, 0.29) is 5.69 Å². The number of nitro groups is 1. The number of rotatable bonds is 7. The van der Waals surface area contributed by atoms with Crippen molar-refractivity contribution in [2.45, 2.75) is 6.61 Å². The van der Waals surface area contributed by atoms with Crippen LogP contribution in [0.25, 0.3) is 0 Å². The predicted molar refractivity (Wildman–Crippen MR) is 102 cm³/mol. The van der Waals surface area contributed by atoms with Gasteiger partial charge in [-0.1, -0.05) is 30.3 Å². The molecule has 3 aromatic carbocycles. The van der Waals surface area contributed by atoms with Gasteiger partial charge >= 0.3 is 0 Å². The summed E-state index contributed by atoms with van der Waals surface area (Å²) in [5, 5.41) is 14.7. The molecule has 0 saturated carbocycles. The Labute approximate surface area is 150 Å². The molecule has 6 nitrogen and oxygen atoms in total. The van der Waals surface area contributed by atoms with Gasteiger partial charge in [0.05, 0.1) is 16.8 Å². The third-order valence-corrected chi connectivity index (χ3v) is 3.61. The molecular weight excluding hydrogens is 330 g/mol. The molecule has 1 N–H and O–H groups in total. The fraction of sp³-hybridized carbons (Fsp3) is 0.0500. The Kier molecular flexibility index (Phi) is 5.57. The Morgan fingerprint density at radius 2 is 1.65 bits per heavy atom. The van der Waals surface area contributed by atoms with Crippen LogP contribution in [0.4, 0.5) is 11.4 Å². The highest BCUT2D eigenvalue weighted by Gasteiger charge is 2.02. The number of benzene rings is 3. The Morgan fingerprint density at radius 1 is 0.962 bits per heavy atom. The molecule has 0 spiro atoms. The number of nitrogens with one attached hydrogen (secondary N) is 1. The van der Waals surface area contributed by atoms with Crippen molar-refractivity contribution in [3.05, 3.63) is 100 Å². The number of non-ortho nitro benzene ring substituents is 1. The van der Waals surface area contributed by atoms with Crippen LogP contribution in [0.2, 0.25) is 0 Å². The van der Waals surface area contributed by atoms with Crippen molar-refractivity contribution < 1.29 is 9.66 Å². The van der Waals surface area contributed by atoms with Crippen molar-refractivity contribution in [2.75, 3.05) is 5.43 Å². The highest BCUT2D eigenvalue weighted by Crippen LogP contribution is 2.16. The standard InChI is InChI=1S/C20H17N3O3/c24-23(25)19-10-8-18(9-11-19)22-21-14-16-6-12-20(13-7-16)26-15-17-4-2-1-3-5-17/h1-14,22H,15H2. The van der Waals surface area contributed by atoms with Crippen LogP contribution in [0, 0.1) is 10.1 Å². The lowest BCUT2D eigenvalue weighted by molar-refractivity contribution is -0.384. The van der Waals surface area contributed by atoms with Crippen LogP contribution in [-0.2, 0) is 6.61 Å². The van der Waals surface area contributed by atoms with E-state index < -0.39 is 4.92 Å². The Bertz CT molecular complexity index is 876. The van der Waals surface area contributed by atoms with Crippen molar-refractivity contribution in [2.24, 2.45) is 5.10 Å². The Balaban J connectivity index is 1.52. The summed E-state index contributed by atoms with van der Waals surface area (Å²) in [5.41, 5.74) is 5.58. The molecular formula is C20H17N3O3. The van der Waals surface area contributed by atoms with E-state index in [1.165, 1.54) is 12.1 Å². The third kappa shape index (κ3) is 4.91. The minimum absolute atomic E-state index is 0.0469. The summed E-state index contributed by atoms with van der Waals surface area (Å²) in [6, 6.07) is 23.6. The molecule has 26 heavy (non-hydrogen) atoms. The van der Waals surface area contributed by atoms with E-state index >= 15 is 0 Å². The molecule has 0 atom stereocenters. The fourth-order valence-corrected chi connectivity index (χ4v) is 2.23. The first kappa shape index (κ1) is 17.2. The van der Waals surface area contributed by atoms with E-state index in [1.54, 1.807) is 18.3 Å². The molecule has 0 bridgehead atoms. The smallest absolute Gasteiger partial charge is 0.269 e. The molecule has 3 aromatic rings. The first-order chi connectivity index (χ1) is 12.7. The number of hydrogen-bond acceptors (Lipinski definition) is 5. The second kappa shape index (κ2) is 8.43. The number of anilines is 1. The zero-order chi connectivity index (χ0) is 18.2. The van der Waals surface area contributed by atoms with Gasteiger partial charge in [0.1, 0.15) is 12.4 Å². The van der Waals surface area contributed by atoms with Gasteiger partial charge in [-0.15, -0.1) is 0 Å². The summed E-state index contributed by atoms with van der Waals surface area (Å²) in [4.78, 5) is 10.2. The van der Waals surface area contributed by atoms with Crippen LogP contribution >= 0.6 is 0 Å². The molecule has 0 heterocycles. The number of ether oxygens (including phenoxy) is 1. The van der Waals surface area contributed by atoms with Gasteiger partial charge in [0.2, 0.25) is 0 Å². The maximum Gasteiger partial charge on any atom is 0.269 e. The van der Waals surface area contributed by atoms with Crippen LogP contribution in [-0.4, -0.2) is 11.1 Å². The molecule has 0 fully saturated rings. The van der Waals surface area contributed by atoms with Gasteiger partial charge < -0.3 is 4.74 Å². The second-order valence-electron chi connectivity index (χ2n) is 5.52. The minimum atomic E-state index is -0.436. The average Bonchev–Trinajstić information content (AvgIpc) is 2.68. The largest absolute Gasteiger partial charge is 0.489 e. The zero-order valence-corrected chi connectivity index (χ0v) is 13.9. The van der Waals surface area contributed by atoms with Crippen molar-refractivity contribution in [1.82, 2.24) is 0 Å². The zero-order valence-electron chi connectivity index (χ0n) is 13.9. The van der Waals surface area contributed by atoms with Crippen LogP contribution in [0.1, 0.15) is 11.1 Å². The monoisotopic (exact) mass is 347 g/mol. The molecule has 0 radical (unpaired) electrons. The summed E-state index contributed by atoms with van der Waals surface area (Å²) in [6.45, 7) is 0.524. The highest BCUT2D eigenvalue weighted by molar-refractivity contribution is 5.80. The van der Waals surface area contributed by atoms with E-state index in [0.717, 1.165) is 16.9 Å². The number of hydrogen-bond donors (Lipinski definition) is 1. The molecule has 0 aliphatic rings. The lowest BCUT2D eigenvalue weighted by Crippen LogP contribution is -1.95. The van der Waals surface area contributed by atoms with Gasteiger partial charge in [0.15, 0.2) is 0 Å². The normalized spacial score (nSPS) is 10.6. The molecule has 0 unspecified atom stereocenters. The highest BCUT2D eigenvalue weighted by atomic mass is 16.6. The summed E-state index contributed by atoms with van der Waals surface area (Å²) in [7, 11) is 0. The van der Waals surface area contributed by atoms with E-state index in [4.69, 9.17) is 4.74 Å². The molecule has 6 heteroatoms. The van der Waals surface area contributed by atoms with Crippen molar-refractivity contribution >= 4 is 17.6 Å². The van der Waals surface area contributed by atoms with E-state index in [2.05, 4.69) is 10.5 Å². The summed E-state index contributed by atoms with van der Waals surface area (Å²) in [5.74, 6) is 0.786. The van der Waals surface area contributed by atoms with Crippen LogP contribution in [0.5, 0.6) is 5.75 Å². The number of nitro benzene ring substituents is 1. The quantitative estimate of drug-likeness (QED) is 0.384.